The van der Waals surface area contributed by atoms with Crippen molar-refractivity contribution < 1.29 is 19.1 Å². The van der Waals surface area contributed by atoms with Crippen molar-refractivity contribution in [3.05, 3.63) is 65.2 Å². The lowest BCUT2D eigenvalue weighted by Crippen LogP contribution is -2.43. The lowest BCUT2D eigenvalue weighted by molar-refractivity contribution is -0.142. The summed E-state index contributed by atoms with van der Waals surface area (Å²) in [6, 6.07) is 13.9. The van der Waals surface area contributed by atoms with Gasteiger partial charge in [-0.3, -0.25) is 9.59 Å². The third-order valence-corrected chi connectivity index (χ3v) is 4.69. The number of benzene rings is 2. The van der Waals surface area contributed by atoms with E-state index in [-0.39, 0.29) is 11.8 Å². The monoisotopic (exact) mass is 366 g/mol. The first-order valence-electron chi connectivity index (χ1n) is 8.83. The Morgan fingerprint density at radius 3 is 2.56 bits per heavy atom. The zero-order valence-corrected chi connectivity index (χ0v) is 15.4. The van der Waals surface area contributed by atoms with Crippen molar-refractivity contribution >= 4 is 23.5 Å². The van der Waals surface area contributed by atoms with E-state index in [1.54, 1.807) is 23.1 Å². The minimum atomic E-state index is -0.771. The van der Waals surface area contributed by atoms with Crippen molar-refractivity contribution in [2.24, 2.45) is 0 Å². The lowest BCUT2D eigenvalue weighted by atomic mass is 10.0. The summed E-state index contributed by atoms with van der Waals surface area (Å²) in [4.78, 5) is 38.1. The fraction of sp³-hybridized carbons (Fsp3) is 0.286. The van der Waals surface area contributed by atoms with Gasteiger partial charge in [-0.25, -0.2) is 4.79 Å². The molecule has 0 saturated heterocycles. The molecule has 0 aromatic heterocycles. The molecule has 1 atom stereocenters. The van der Waals surface area contributed by atoms with Gasteiger partial charge < -0.3 is 15.0 Å². The van der Waals surface area contributed by atoms with Crippen LogP contribution in [0.5, 0.6) is 0 Å². The molecule has 0 saturated carbocycles. The normalized spacial score (nSPS) is 13.6. The average Bonchev–Trinajstić information content (AvgIpc) is 3.11. The van der Waals surface area contributed by atoms with Crippen LogP contribution < -0.4 is 10.2 Å². The molecule has 0 unspecified atom stereocenters. The van der Waals surface area contributed by atoms with Gasteiger partial charge in [-0.2, -0.15) is 0 Å². The van der Waals surface area contributed by atoms with Crippen LogP contribution in [0.15, 0.2) is 48.5 Å². The first-order valence-corrected chi connectivity index (χ1v) is 8.83. The van der Waals surface area contributed by atoms with Gasteiger partial charge in [0.1, 0.15) is 6.04 Å². The van der Waals surface area contributed by atoms with Crippen molar-refractivity contribution in [3.8, 4) is 0 Å². The quantitative estimate of drug-likeness (QED) is 0.823. The third kappa shape index (κ3) is 4.16. The van der Waals surface area contributed by atoms with Crippen LogP contribution in [0.1, 0.15) is 28.4 Å². The highest BCUT2D eigenvalue weighted by Gasteiger charge is 2.25. The van der Waals surface area contributed by atoms with Crippen molar-refractivity contribution in [3.63, 3.8) is 0 Å². The molecular weight excluding hydrogens is 344 g/mol. The Morgan fingerprint density at radius 2 is 1.89 bits per heavy atom. The summed E-state index contributed by atoms with van der Waals surface area (Å²) in [5.41, 5.74) is 3.18. The SMILES string of the molecule is COC(=O)[C@H](Cc1ccccc1)NC(=O)c1ccc2c(c1)CCN2C(C)=O. The van der Waals surface area contributed by atoms with Gasteiger partial charge in [-0.1, -0.05) is 30.3 Å². The molecule has 27 heavy (non-hydrogen) atoms. The lowest BCUT2D eigenvalue weighted by Gasteiger charge is -2.18. The summed E-state index contributed by atoms with van der Waals surface area (Å²) in [6.07, 6.45) is 1.06. The Bertz CT molecular complexity index is 864. The highest BCUT2D eigenvalue weighted by atomic mass is 16.5. The second-order valence-corrected chi connectivity index (χ2v) is 6.50. The van der Waals surface area contributed by atoms with E-state index < -0.39 is 12.0 Å². The number of carbonyl (C=O) groups excluding carboxylic acids is 3. The number of anilines is 1. The second-order valence-electron chi connectivity index (χ2n) is 6.50. The highest BCUT2D eigenvalue weighted by molar-refractivity contribution is 5.99. The number of methoxy groups -OCH3 is 1. The fourth-order valence-electron chi connectivity index (χ4n) is 3.30. The molecule has 1 aliphatic rings. The van der Waals surface area contributed by atoms with Gasteiger partial charge in [0, 0.05) is 31.1 Å². The van der Waals surface area contributed by atoms with Gasteiger partial charge in [-0.15, -0.1) is 0 Å². The van der Waals surface area contributed by atoms with Crippen LogP contribution in [0.2, 0.25) is 0 Å². The maximum Gasteiger partial charge on any atom is 0.328 e. The van der Waals surface area contributed by atoms with E-state index in [1.165, 1.54) is 14.0 Å². The van der Waals surface area contributed by atoms with Gasteiger partial charge in [0.05, 0.1) is 7.11 Å². The van der Waals surface area contributed by atoms with Crippen LogP contribution in [-0.2, 0) is 27.2 Å². The first kappa shape index (κ1) is 18.6. The van der Waals surface area contributed by atoms with E-state index in [9.17, 15) is 14.4 Å². The van der Waals surface area contributed by atoms with E-state index in [1.807, 2.05) is 30.3 Å². The standard InChI is InChI=1S/C21H22N2O4/c1-14(24)23-11-10-16-13-17(8-9-19(16)23)20(25)22-18(21(26)27-2)12-15-6-4-3-5-7-15/h3-9,13,18H,10-12H2,1-2H3,(H,22,25)/t18-/m0/s1. The Balaban J connectivity index is 1.76. The number of nitrogens with zero attached hydrogens (tertiary/aromatic N) is 1. The molecule has 1 N–H and O–H groups in total. The summed E-state index contributed by atoms with van der Waals surface area (Å²) in [7, 11) is 1.30. The van der Waals surface area contributed by atoms with E-state index in [0.29, 0.717) is 24.9 Å². The van der Waals surface area contributed by atoms with Crippen LogP contribution in [-0.4, -0.2) is 37.5 Å². The summed E-state index contributed by atoms with van der Waals surface area (Å²) in [6.45, 7) is 2.15. The molecule has 140 valence electrons. The van der Waals surface area contributed by atoms with Crippen LogP contribution in [0.4, 0.5) is 5.69 Å². The largest absolute Gasteiger partial charge is 0.467 e. The molecule has 2 amide bonds. The number of nitrogens with one attached hydrogen (secondary N) is 1. The zero-order valence-electron chi connectivity index (χ0n) is 15.4. The number of rotatable bonds is 5. The summed E-state index contributed by atoms with van der Waals surface area (Å²) in [5, 5.41) is 2.76. The summed E-state index contributed by atoms with van der Waals surface area (Å²) in [5.74, 6) is -0.846. The smallest absolute Gasteiger partial charge is 0.328 e. The Hall–Kier alpha value is -3.15. The molecule has 3 rings (SSSR count). The van der Waals surface area contributed by atoms with Crippen LogP contribution in [0.3, 0.4) is 0 Å². The molecule has 2 aromatic carbocycles. The molecule has 0 spiro atoms. The van der Waals surface area contributed by atoms with Crippen LogP contribution in [0.25, 0.3) is 0 Å². The first-order chi connectivity index (χ1) is 13.0. The number of hydrogen-bond donors (Lipinski definition) is 1. The predicted molar refractivity (Wildman–Crippen MR) is 102 cm³/mol. The van der Waals surface area contributed by atoms with Gasteiger partial charge in [0.15, 0.2) is 0 Å². The molecule has 0 bridgehead atoms. The van der Waals surface area contributed by atoms with Crippen molar-refractivity contribution in [2.45, 2.75) is 25.8 Å². The Morgan fingerprint density at radius 1 is 1.15 bits per heavy atom. The van der Waals surface area contributed by atoms with Crippen molar-refractivity contribution in [2.75, 3.05) is 18.6 Å². The van der Waals surface area contributed by atoms with Gasteiger partial charge in [-0.05, 0) is 35.7 Å². The molecule has 0 radical (unpaired) electrons. The van der Waals surface area contributed by atoms with E-state index in [2.05, 4.69) is 5.32 Å². The minimum Gasteiger partial charge on any atom is -0.467 e. The zero-order chi connectivity index (χ0) is 19.4. The number of carbonyl (C=O) groups is 3. The molecular formula is C21H22N2O4. The number of ether oxygens (including phenoxy) is 1. The average molecular weight is 366 g/mol. The van der Waals surface area contributed by atoms with Gasteiger partial charge in [0.25, 0.3) is 5.91 Å². The van der Waals surface area contributed by atoms with Gasteiger partial charge >= 0.3 is 5.97 Å². The topological polar surface area (TPSA) is 75.7 Å². The number of fused-ring (bicyclic) bond motifs is 1. The van der Waals surface area contributed by atoms with Crippen LogP contribution >= 0.6 is 0 Å². The fourth-order valence-corrected chi connectivity index (χ4v) is 3.30. The highest BCUT2D eigenvalue weighted by Crippen LogP contribution is 2.28. The summed E-state index contributed by atoms with van der Waals surface area (Å²) >= 11 is 0. The maximum absolute atomic E-state index is 12.7. The van der Waals surface area contributed by atoms with Crippen molar-refractivity contribution in [1.82, 2.24) is 5.32 Å². The molecule has 6 nitrogen and oxygen atoms in total. The molecule has 1 heterocycles. The number of hydrogen-bond acceptors (Lipinski definition) is 4. The second kappa shape index (κ2) is 8.03. The Kier molecular flexibility index (Phi) is 5.54. The van der Waals surface area contributed by atoms with E-state index in [4.69, 9.17) is 4.74 Å². The van der Waals surface area contributed by atoms with Crippen molar-refractivity contribution in [1.29, 1.82) is 0 Å². The summed E-state index contributed by atoms with van der Waals surface area (Å²) < 4.78 is 4.84. The third-order valence-electron chi connectivity index (χ3n) is 4.69. The predicted octanol–water partition coefficient (Wildman–Crippen LogP) is 2.11. The van der Waals surface area contributed by atoms with E-state index >= 15 is 0 Å². The number of esters is 1. The maximum atomic E-state index is 12.7. The Labute approximate surface area is 158 Å². The molecule has 0 fully saturated rings. The molecule has 2 aromatic rings. The van der Waals surface area contributed by atoms with E-state index in [0.717, 1.165) is 16.8 Å². The van der Waals surface area contributed by atoms with Crippen LogP contribution in [0, 0.1) is 0 Å². The molecule has 1 aliphatic heterocycles. The molecule has 6 heteroatoms. The van der Waals surface area contributed by atoms with Gasteiger partial charge in [0.2, 0.25) is 5.91 Å². The molecule has 0 aliphatic carbocycles. The number of amides is 2. The minimum absolute atomic E-state index is 0.0143.